The highest BCUT2D eigenvalue weighted by Crippen LogP contribution is 1.86. The van der Waals surface area contributed by atoms with Gasteiger partial charge in [-0.05, 0) is 6.58 Å². The van der Waals surface area contributed by atoms with E-state index in [9.17, 15) is 4.79 Å². The van der Waals surface area contributed by atoms with Gasteiger partial charge in [0.1, 0.15) is 0 Å². The zero-order valence-electron chi connectivity index (χ0n) is 4.26. The van der Waals surface area contributed by atoms with Crippen LogP contribution in [-0.4, -0.2) is 11.1 Å². The molecule has 0 aliphatic carbocycles. The van der Waals surface area contributed by atoms with E-state index in [1.165, 1.54) is 0 Å². The van der Waals surface area contributed by atoms with Crippen molar-refractivity contribution in [2.45, 2.75) is 0 Å². The van der Waals surface area contributed by atoms with Crippen LogP contribution in [0.25, 0.3) is 0 Å². The molecule has 0 aromatic heterocycles. The summed E-state index contributed by atoms with van der Waals surface area (Å²) in [5.41, 5.74) is 0. The molecule has 0 amide bonds. The summed E-state index contributed by atoms with van der Waals surface area (Å²) in [5.74, 6) is -1.33. The number of aliphatic hydroxyl groups is 1. The molecule has 0 saturated heterocycles. The molecule has 0 bridgehead atoms. The van der Waals surface area contributed by atoms with E-state index in [4.69, 9.17) is 5.11 Å². The Hall–Kier alpha value is -1.25. The van der Waals surface area contributed by atoms with E-state index in [0.717, 1.165) is 6.08 Å². The minimum atomic E-state index is -0.711. The lowest BCUT2D eigenvalue weighted by Gasteiger charge is -1.92. The fraction of sp³-hybridized carbons (Fsp3) is 0. The first kappa shape index (κ1) is 6.75. The van der Waals surface area contributed by atoms with E-state index in [-0.39, 0.29) is 0 Å². The number of esters is 1. The Morgan fingerprint density at radius 2 is 2.25 bits per heavy atom. The molecule has 44 valence electrons. The van der Waals surface area contributed by atoms with Crippen LogP contribution in [-0.2, 0) is 9.53 Å². The van der Waals surface area contributed by atoms with Crippen LogP contribution in [0.2, 0.25) is 0 Å². The van der Waals surface area contributed by atoms with Crippen LogP contribution in [0.1, 0.15) is 0 Å². The molecule has 0 aromatic rings. The summed E-state index contributed by atoms with van der Waals surface area (Å²) in [6, 6.07) is 0. The first-order chi connectivity index (χ1) is 3.66. The number of aliphatic hydroxyl groups excluding tert-OH is 1. The van der Waals surface area contributed by atoms with Gasteiger partial charge in [-0.1, -0.05) is 6.58 Å². The molecule has 0 saturated carbocycles. The van der Waals surface area contributed by atoms with Gasteiger partial charge in [0.05, 0.1) is 0 Å². The van der Waals surface area contributed by atoms with Crippen LogP contribution in [0.15, 0.2) is 25.2 Å². The molecule has 0 fully saturated rings. The molecule has 0 rings (SSSR count). The highest BCUT2D eigenvalue weighted by Gasteiger charge is 1.94. The molecule has 3 heteroatoms. The predicted octanol–water partition coefficient (Wildman–Crippen LogP) is 0.745. The van der Waals surface area contributed by atoms with Crippen LogP contribution in [0.5, 0.6) is 0 Å². The van der Waals surface area contributed by atoms with Gasteiger partial charge in [-0.15, -0.1) is 0 Å². The van der Waals surface area contributed by atoms with Crippen LogP contribution in [0, 0.1) is 0 Å². The molecule has 8 heavy (non-hydrogen) atoms. The number of rotatable bonds is 2. The number of carbonyl (C=O) groups excluding carboxylic acids is 1. The van der Waals surface area contributed by atoms with Gasteiger partial charge in [0, 0.05) is 6.08 Å². The van der Waals surface area contributed by atoms with Crippen LogP contribution in [0.4, 0.5) is 0 Å². The molecule has 1 N–H and O–H groups in total. The van der Waals surface area contributed by atoms with E-state index in [2.05, 4.69) is 17.9 Å². The first-order valence-electron chi connectivity index (χ1n) is 1.89. The van der Waals surface area contributed by atoms with Crippen molar-refractivity contribution in [2.75, 3.05) is 0 Å². The van der Waals surface area contributed by atoms with Crippen LogP contribution < -0.4 is 0 Å². The lowest BCUT2D eigenvalue weighted by Crippen LogP contribution is -1.97. The summed E-state index contributed by atoms with van der Waals surface area (Å²) in [7, 11) is 0. The summed E-state index contributed by atoms with van der Waals surface area (Å²) in [5, 5.41) is 8.17. The fourth-order valence-corrected chi connectivity index (χ4v) is 0.158. The third kappa shape index (κ3) is 2.96. The maximum absolute atomic E-state index is 10.1. The number of ether oxygens (including phenoxy) is 1. The Balaban J connectivity index is 3.55. The normalized spacial score (nSPS) is 7.50. The van der Waals surface area contributed by atoms with E-state index in [1.807, 2.05) is 0 Å². The third-order valence-electron chi connectivity index (χ3n) is 0.385. The van der Waals surface area contributed by atoms with Crippen molar-refractivity contribution in [1.82, 2.24) is 0 Å². The minimum Gasteiger partial charge on any atom is -0.481 e. The Morgan fingerprint density at radius 3 is 2.38 bits per heavy atom. The Labute approximate surface area is 46.9 Å². The van der Waals surface area contributed by atoms with Gasteiger partial charge in [-0.25, -0.2) is 4.79 Å². The molecule has 0 atom stereocenters. The zero-order chi connectivity index (χ0) is 6.57. The molecule has 0 heterocycles. The average Bonchev–Trinajstić information content (AvgIpc) is 1.65. The summed E-state index contributed by atoms with van der Waals surface area (Å²) in [4.78, 5) is 10.1. The largest absolute Gasteiger partial charge is 0.481 e. The van der Waals surface area contributed by atoms with E-state index < -0.39 is 11.9 Å². The lowest BCUT2D eigenvalue weighted by molar-refractivity contribution is -0.137. The van der Waals surface area contributed by atoms with Crippen molar-refractivity contribution < 1.29 is 14.6 Å². The second-order valence-corrected chi connectivity index (χ2v) is 1.02. The molecule has 0 aliphatic rings. The monoisotopic (exact) mass is 114 g/mol. The van der Waals surface area contributed by atoms with Gasteiger partial charge >= 0.3 is 5.97 Å². The molecule has 0 unspecified atom stereocenters. The van der Waals surface area contributed by atoms with Crippen molar-refractivity contribution in [3.8, 4) is 0 Å². The molecular weight excluding hydrogens is 108 g/mol. The van der Waals surface area contributed by atoms with Crippen molar-refractivity contribution >= 4 is 5.97 Å². The quantitative estimate of drug-likeness (QED) is 0.327. The standard InChI is InChI=1S/C5H6O3/c1-3-5(7)8-4(2)6/h3,6H,1-2H2. The molecular formula is C5H6O3. The van der Waals surface area contributed by atoms with E-state index in [1.54, 1.807) is 0 Å². The molecule has 3 nitrogen and oxygen atoms in total. The second-order valence-electron chi connectivity index (χ2n) is 1.02. The van der Waals surface area contributed by atoms with Crippen LogP contribution >= 0.6 is 0 Å². The Kier molecular flexibility index (Phi) is 2.40. The maximum Gasteiger partial charge on any atom is 0.337 e. The number of hydrogen-bond donors (Lipinski definition) is 1. The summed E-state index contributed by atoms with van der Waals surface area (Å²) in [6.45, 7) is 5.99. The van der Waals surface area contributed by atoms with Crippen LogP contribution in [0.3, 0.4) is 0 Å². The topological polar surface area (TPSA) is 46.5 Å². The van der Waals surface area contributed by atoms with Crippen molar-refractivity contribution in [2.24, 2.45) is 0 Å². The van der Waals surface area contributed by atoms with Gasteiger partial charge in [-0.3, -0.25) is 0 Å². The lowest BCUT2D eigenvalue weighted by atomic mass is 10.7. The molecule has 0 aromatic carbocycles. The minimum absolute atomic E-state index is 0.616. The van der Waals surface area contributed by atoms with Crippen molar-refractivity contribution in [3.05, 3.63) is 25.2 Å². The molecule has 0 radical (unpaired) electrons. The van der Waals surface area contributed by atoms with Gasteiger partial charge in [0.2, 0.25) is 0 Å². The third-order valence-corrected chi connectivity index (χ3v) is 0.385. The van der Waals surface area contributed by atoms with Gasteiger partial charge in [0.15, 0.2) is 0 Å². The number of carbonyl (C=O) groups is 1. The first-order valence-corrected chi connectivity index (χ1v) is 1.89. The smallest absolute Gasteiger partial charge is 0.337 e. The summed E-state index contributed by atoms with van der Waals surface area (Å²) >= 11 is 0. The van der Waals surface area contributed by atoms with Gasteiger partial charge in [-0.2, -0.15) is 0 Å². The Bertz CT molecular complexity index is 126. The van der Waals surface area contributed by atoms with E-state index >= 15 is 0 Å². The highest BCUT2D eigenvalue weighted by molar-refractivity contribution is 5.81. The second kappa shape index (κ2) is 2.85. The highest BCUT2D eigenvalue weighted by atomic mass is 16.6. The molecule has 0 aliphatic heterocycles. The molecule has 0 spiro atoms. The maximum atomic E-state index is 10.1. The summed E-state index contributed by atoms with van der Waals surface area (Å²) < 4.78 is 4.00. The van der Waals surface area contributed by atoms with Crippen molar-refractivity contribution in [1.29, 1.82) is 0 Å². The predicted molar refractivity (Wildman–Crippen MR) is 28.1 cm³/mol. The Morgan fingerprint density at radius 1 is 1.75 bits per heavy atom. The number of hydrogen-bond acceptors (Lipinski definition) is 3. The van der Waals surface area contributed by atoms with Gasteiger partial charge < -0.3 is 9.84 Å². The SMILES string of the molecule is C=CC(=O)OC(=C)O. The average molecular weight is 114 g/mol. The zero-order valence-corrected chi connectivity index (χ0v) is 4.26. The van der Waals surface area contributed by atoms with Gasteiger partial charge in [0.25, 0.3) is 5.95 Å². The fourth-order valence-electron chi connectivity index (χ4n) is 0.158. The van der Waals surface area contributed by atoms with E-state index in [0.29, 0.717) is 0 Å². The van der Waals surface area contributed by atoms with Crippen molar-refractivity contribution in [3.63, 3.8) is 0 Å². The summed E-state index contributed by atoms with van der Waals surface area (Å²) in [6.07, 6.45) is 0.932.